The topological polar surface area (TPSA) is 57.6 Å². The highest BCUT2D eigenvalue weighted by atomic mass is 32.2. The Bertz CT molecular complexity index is 470. The minimum atomic E-state index is -3.36. The molecule has 0 aliphatic carbocycles. The maximum Gasteiger partial charge on any atom is 0.243 e. The Morgan fingerprint density at radius 1 is 1.28 bits per heavy atom. The minimum absolute atomic E-state index is 0.129. The maximum atomic E-state index is 12.4. The standard InChI is InChI=1S/C13H19NO3S/c15-10-8-12-5-4-9-14(11-12)18(16,17)13-6-2-1-3-7-13/h1-3,6-7,12,15H,4-5,8-11H2. The minimum Gasteiger partial charge on any atom is -0.396 e. The average molecular weight is 269 g/mol. The Balaban J connectivity index is 2.15. The second kappa shape index (κ2) is 5.82. The van der Waals surface area contributed by atoms with E-state index < -0.39 is 10.0 Å². The maximum absolute atomic E-state index is 12.4. The van der Waals surface area contributed by atoms with Crippen LogP contribution < -0.4 is 0 Å². The van der Waals surface area contributed by atoms with Crippen molar-refractivity contribution < 1.29 is 13.5 Å². The lowest BCUT2D eigenvalue weighted by Gasteiger charge is -2.31. The Kier molecular flexibility index (Phi) is 4.37. The fourth-order valence-corrected chi connectivity index (χ4v) is 3.98. The molecule has 1 aromatic rings. The largest absolute Gasteiger partial charge is 0.396 e. The van der Waals surface area contributed by atoms with E-state index in [9.17, 15) is 8.42 Å². The normalized spacial score (nSPS) is 21.9. The summed E-state index contributed by atoms with van der Waals surface area (Å²) in [6, 6.07) is 8.55. The summed E-state index contributed by atoms with van der Waals surface area (Å²) in [4.78, 5) is 0.356. The first-order valence-corrected chi connectivity index (χ1v) is 7.74. The molecule has 0 aromatic heterocycles. The summed E-state index contributed by atoms with van der Waals surface area (Å²) >= 11 is 0. The van der Waals surface area contributed by atoms with Crippen molar-refractivity contribution in [3.05, 3.63) is 30.3 Å². The van der Waals surface area contributed by atoms with E-state index in [1.807, 2.05) is 6.07 Å². The van der Waals surface area contributed by atoms with E-state index in [0.717, 1.165) is 12.8 Å². The van der Waals surface area contributed by atoms with Gasteiger partial charge in [0.15, 0.2) is 0 Å². The first kappa shape index (κ1) is 13.5. The summed E-state index contributed by atoms with van der Waals surface area (Å²) in [7, 11) is -3.36. The number of piperidine rings is 1. The highest BCUT2D eigenvalue weighted by Crippen LogP contribution is 2.25. The average Bonchev–Trinajstić information content (AvgIpc) is 2.40. The molecule has 1 unspecified atom stereocenters. The number of hydrogen-bond donors (Lipinski definition) is 1. The number of benzene rings is 1. The van der Waals surface area contributed by atoms with Crippen LogP contribution in [0.15, 0.2) is 35.2 Å². The number of nitrogens with zero attached hydrogens (tertiary/aromatic N) is 1. The van der Waals surface area contributed by atoms with Gasteiger partial charge in [0.1, 0.15) is 0 Å². The van der Waals surface area contributed by atoms with Crippen molar-refractivity contribution in [2.75, 3.05) is 19.7 Å². The van der Waals surface area contributed by atoms with Gasteiger partial charge in [-0.2, -0.15) is 4.31 Å². The van der Waals surface area contributed by atoms with Crippen molar-refractivity contribution in [2.45, 2.75) is 24.2 Å². The smallest absolute Gasteiger partial charge is 0.243 e. The first-order valence-electron chi connectivity index (χ1n) is 6.30. The summed E-state index contributed by atoms with van der Waals surface area (Å²) in [6.07, 6.45) is 2.55. The van der Waals surface area contributed by atoms with E-state index in [1.54, 1.807) is 28.6 Å². The second-order valence-corrected chi connectivity index (χ2v) is 6.63. The molecule has 100 valence electrons. The fraction of sp³-hybridized carbons (Fsp3) is 0.538. The lowest BCUT2D eigenvalue weighted by Crippen LogP contribution is -2.40. The molecular formula is C13H19NO3S. The van der Waals surface area contributed by atoms with Crippen LogP contribution in [0.25, 0.3) is 0 Å². The van der Waals surface area contributed by atoms with E-state index in [1.165, 1.54) is 0 Å². The van der Waals surface area contributed by atoms with E-state index in [0.29, 0.717) is 24.4 Å². The fourth-order valence-electron chi connectivity index (χ4n) is 2.40. The third-order valence-corrected chi connectivity index (χ3v) is 5.28. The van der Waals surface area contributed by atoms with Gasteiger partial charge < -0.3 is 5.11 Å². The van der Waals surface area contributed by atoms with Gasteiger partial charge in [0.2, 0.25) is 10.0 Å². The van der Waals surface area contributed by atoms with Gasteiger partial charge in [-0.3, -0.25) is 0 Å². The van der Waals surface area contributed by atoms with Crippen LogP contribution in [0.4, 0.5) is 0 Å². The molecule has 0 radical (unpaired) electrons. The van der Waals surface area contributed by atoms with Gasteiger partial charge in [0.05, 0.1) is 4.90 Å². The van der Waals surface area contributed by atoms with Crippen molar-refractivity contribution in [2.24, 2.45) is 5.92 Å². The van der Waals surface area contributed by atoms with Crippen LogP contribution in [0.5, 0.6) is 0 Å². The Morgan fingerprint density at radius 2 is 2.00 bits per heavy atom. The van der Waals surface area contributed by atoms with Crippen molar-refractivity contribution in [1.29, 1.82) is 0 Å². The molecule has 5 heteroatoms. The Labute approximate surface area is 108 Å². The summed E-state index contributed by atoms with van der Waals surface area (Å²) in [5, 5.41) is 8.96. The molecule has 1 heterocycles. The van der Waals surface area contributed by atoms with E-state index >= 15 is 0 Å². The quantitative estimate of drug-likeness (QED) is 0.900. The van der Waals surface area contributed by atoms with Crippen molar-refractivity contribution in [3.63, 3.8) is 0 Å². The highest BCUT2D eigenvalue weighted by molar-refractivity contribution is 7.89. The second-order valence-electron chi connectivity index (χ2n) is 4.70. The molecule has 1 aliphatic heterocycles. The van der Waals surface area contributed by atoms with Gasteiger partial charge in [-0.25, -0.2) is 8.42 Å². The molecule has 1 aliphatic rings. The molecule has 1 fully saturated rings. The molecule has 1 atom stereocenters. The molecule has 0 bridgehead atoms. The molecule has 4 nitrogen and oxygen atoms in total. The predicted molar refractivity (Wildman–Crippen MR) is 69.6 cm³/mol. The summed E-state index contributed by atoms with van der Waals surface area (Å²) in [5.74, 6) is 0.280. The van der Waals surface area contributed by atoms with Gasteiger partial charge in [-0.15, -0.1) is 0 Å². The number of hydrogen-bond acceptors (Lipinski definition) is 3. The Morgan fingerprint density at radius 3 is 2.67 bits per heavy atom. The van der Waals surface area contributed by atoms with Crippen molar-refractivity contribution >= 4 is 10.0 Å². The van der Waals surface area contributed by atoms with E-state index in [4.69, 9.17) is 5.11 Å². The summed E-state index contributed by atoms with van der Waals surface area (Å²) in [6.45, 7) is 1.24. The zero-order valence-corrected chi connectivity index (χ0v) is 11.1. The summed E-state index contributed by atoms with van der Waals surface area (Å²) in [5.41, 5.74) is 0. The summed E-state index contributed by atoms with van der Waals surface area (Å²) < 4.78 is 26.3. The van der Waals surface area contributed by atoms with Gasteiger partial charge in [0.25, 0.3) is 0 Å². The van der Waals surface area contributed by atoms with Gasteiger partial charge in [-0.05, 0) is 37.3 Å². The molecule has 1 saturated heterocycles. The predicted octanol–water partition coefficient (Wildman–Crippen LogP) is 1.47. The molecule has 1 aromatic carbocycles. The lowest BCUT2D eigenvalue weighted by molar-refractivity contribution is 0.203. The SMILES string of the molecule is O=S(=O)(c1ccccc1)N1CCCC(CCO)C1. The van der Waals surface area contributed by atoms with Gasteiger partial charge in [0, 0.05) is 19.7 Å². The van der Waals surface area contributed by atoms with E-state index in [-0.39, 0.29) is 12.5 Å². The van der Waals surface area contributed by atoms with Gasteiger partial charge >= 0.3 is 0 Å². The van der Waals surface area contributed by atoms with Crippen molar-refractivity contribution in [1.82, 2.24) is 4.31 Å². The number of aliphatic hydroxyl groups excluding tert-OH is 1. The molecule has 1 N–H and O–H groups in total. The number of rotatable bonds is 4. The lowest BCUT2D eigenvalue weighted by atomic mass is 9.97. The van der Waals surface area contributed by atoms with Crippen LogP contribution in [0.1, 0.15) is 19.3 Å². The van der Waals surface area contributed by atoms with Crippen LogP contribution in [0.2, 0.25) is 0 Å². The van der Waals surface area contributed by atoms with Crippen molar-refractivity contribution in [3.8, 4) is 0 Å². The highest BCUT2D eigenvalue weighted by Gasteiger charge is 2.29. The van der Waals surface area contributed by atoms with Crippen LogP contribution in [0.3, 0.4) is 0 Å². The monoisotopic (exact) mass is 269 g/mol. The molecular weight excluding hydrogens is 250 g/mol. The Hall–Kier alpha value is -0.910. The zero-order valence-electron chi connectivity index (χ0n) is 10.3. The molecule has 0 amide bonds. The van der Waals surface area contributed by atoms with Gasteiger partial charge in [-0.1, -0.05) is 18.2 Å². The van der Waals surface area contributed by atoms with Crippen LogP contribution >= 0.6 is 0 Å². The molecule has 0 spiro atoms. The first-order chi connectivity index (χ1) is 8.64. The third-order valence-electron chi connectivity index (χ3n) is 3.40. The van der Waals surface area contributed by atoms with E-state index in [2.05, 4.69) is 0 Å². The number of sulfonamides is 1. The molecule has 18 heavy (non-hydrogen) atoms. The van der Waals surface area contributed by atoms with Crippen LogP contribution in [0, 0.1) is 5.92 Å². The number of aliphatic hydroxyl groups is 1. The molecule has 2 rings (SSSR count). The third kappa shape index (κ3) is 2.91. The van der Waals surface area contributed by atoms with Crippen LogP contribution in [-0.2, 0) is 10.0 Å². The molecule has 0 saturated carbocycles. The van der Waals surface area contributed by atoms with Crippen LogP contribution in [-0.4, -0.2) is 37.5 Å². The zero-order chi connectivity index (χ0) is 13.0.